The fourth-order valence-corrected chi connectivity index (χ4v) is 2.76. The van der Waals surface area contributed by atoms with Gasteiger partial charge < -0.3 is 10.1 Å². The lowest BCUT2D eigenvalue weighted by Gasteiger charge is -2.09. The lowest BCUT2D eigenvalue weighted by Crippen LogP contribution is -2.30. The SMILES string of the molecule is O=C1NCNC1Cc1ccc(OCc2cccs2)cc1. The molecular formula is C15H16N2O2S. The van der Waals surface area contributed by atoms with Gasteiger partial charge in [-0.15, -0.1) is 11.3 Å². The highest BCUT2D eigenvalue weighted by Crippen LogP contribution is 2.17. The summed E-state index contributed by atoms with van der Waals surface area (Å²) in [7, 11) is 0. The maximum Gasteiger partial charge on any atom is 0.238 e. The highest BCUT2D eigenvalue weighted by atomic mass is 32.1. The third-order valence-corrected chi connectivity index (χ3v) is 4.10. The Morgan fingerprint density at radius 1 is 1.25 bits per heavy atom. The van der Waals surface area contributed by atoms with Crippen molar-refractivity contribution in [1.29, 1.82) is 0 Å². The van der Waals surface area contributed by atoms with Crippen molar-refractivity contribution >= 4 is 17.2 Å². The van der Waals surface area contributed by atoms with E-state index in [0.717, 1.165) is 11.3 Å². The van der Waals surface area contributed by atoms with Crippen LogP contribution in [0.4, 0.5) is 0 Å². The predicted molar refractivity (Wildman–Crippen MR) is 78.7 cm³/mol. The number of hydrogen-bond donors (Lipinski definition) is 2. The van der Waals surface area contributed by atoms with Crippen molar-refractivity contribution in [1.82, 2.24) is 10.6 Å². The highest BCUT2D eigenvalue weighted by Gasteiger charge is 2.23. The number of amides is 1. The maximum atomic E-state index is 11.5. The number of ether oxygens (including phenoxy) is 1. The third kappa shape index (κ3) is 3.18. The molecule has 104 valence electrons. The van der Waals surface area contributed by atoms with Gasteiger partial charge in [0, 0.05) is 4.88 Å². The molecule has 1 aromatic heterocycles. The zero-order chi connectivity index (χ0) is 13.8. The van der Waals surface area contributed by atoms with E-state index in [4.69, 9.17) is 4.74 Å². The molecule has 0 spiro atoms. The minimum absolute atomic E-state index is 0.0722. The zero-order valence-corrected chi connectivity index (χ0v) is 11.8. The van der Waals surface area contributed by atoms with Gasteiger partial charge in [-0.05, 0) is 35.6 Å². The Bertz CT molecular complexity index is 566. The molecule has 3 rings (SSSR count). The monoisotopic (exact) mass is 288 g/mol. The first-order chi connectivity index (χ1) is 9.81. The standard InChI is InChI=1S/C15H16N2O2S/c18-15-14(16-10-17-15)8-11-3-5-12(6-4-11)19-9-13-2-1-7-20-13/h1-7,14,16H,8-10H2,(H,17,18). The van der Waals surface area contributed by atoms with Crippen LogP contribution in [0.15, 0.2) is 41.8 Å². The van der Waals surface area contributed by atoms with Crippen molar-refractivity contribution in [2.75, 3.05) is 6.67 Å². The van der Waals surface area contributed by atoms with Crippen molar-refractivity contribution < 1.29 is 9.53 Å². The topological polar surface area (TPSA) is 50.4 Å². The normalized spacial score (nSPS) is 18.0. The van der Waals surface area contributed by atoms with Crippen LogP contribution in [0, 0.1) is 0 Å². The van der Waals surface area contributed by atoms with Crippen LogP contribution in [0.2, 0.25) is 0 Å². The number of benzene rings is 1. The first kappa shape index (κ1) is 13.1. The van der Waals surface area contributed by atoms with Crippen LogP contribution in [0.25, 0.3) is 0 Å². The van der Waals surface area contributed by atoms with Crippen LogP contribution in [0.1, 0.15) is 10.4 Å². The summed E-state index contributed by atoms with van der Waals surface area (Å²) < 4.78 is 5.71. The van der Waals surface area contributed by atoms with Crippen molar-refractivity contribution in [2.24, 2.45) is 0 Å². The number of nitrogens with one attached hydrogen (secondary N) is 2. The molecule has 1 atom stereocenters. The summed E-state index contributed by atoms with van der Waals surface area (Å²) in [5, 5.41) is 7.93. The van der Waals surface area contributed by atoms with Gasteiger partial charge in [0.25, 0.3) is 0 Å². The van der Waals surface area contributed by atoms with E-state index in [1.165, 1.54) is 4.88 Å². The number of carbonyl (C=O) groups excluding carboxylic acids is 1. The second-order valence-electron chi connectivity index (χ2n) is 4.69. The molecule has 1 amide bonds. The third-order valence-electron chi connectivity index (χ3n) is 3.25. The molecule has 20 heavy (non-hydrogen) atoms. The molecule has 1 aliphatic heterocycles. The Hall–Kier alpha value is -1.85. The molecule has 0 aliphatic carbocycles. The van der Waals surface area contributed by atoms with Crippen LogP contribution in [0.3, 0.4) is 0 Å². The molecule has 2 heterocycles. The van der Waals surface area contributed by atoms with Crippen LogP contribution >= 0.6 is 11.3 Å². The van der Waals surface area contributed by atoms with Gasteiger partial charge in [-0.25, -0.2) is 0 Å². The molecule has 1 aliphatic rings. The van der Waals surface area contributed by atoms with Gasteiger partial charge in [-0.2, -0.15) is 0 Å². The lowest BCUT2D eigenvalue weighted by molar-refractivity contribution is -0.120. The van der Waals surface area contributed by atoms with Gasteiger partial charge in [-0.3, -0.25) is 10.1 Å². The van der Waals surface area contributed by atoms with Crippen molar-refractivity contribution in [3.8, 4) is 5.75 Å². The van der Waals surface area contributed by atoms with E-state index in [0.29, 0.717) is 19.7 Å². The Morgan fingerprint density at radius 2 is 2.10 bits per heavy atom. The van der Waals surface area contributed by atoms with Gasteiger partial charge in [0.1, 0.15) is 12.4 Å². The summed E-state index contributed by atoms with van der Waals surface area (Å²) in [5.41, 5.74) is 1.13. The highest BCUT2D eigenvalue weighted by molar-refractivity contribution is 7.09. The minimum atomic E-state index is -0.118. The van der Waals surface area contributed by atoms with E-state index in [9.17, 15) is 4.79 Å². The van der Waals surface area contributed by atoms with Crippen LogP contribution in [0.5, 0.6) is 5.75 Å². The fraction of sp³-hybridized carbons (Fsp3) is 0.267. The number of carbonyl (C=O) groups is 1. The smallest absolute Gasteiger partial charge is 0.238 e. The molecule has 5 heteroatoms. The number of hydrogen-bond acceptors (Lipinski definition) is 4. The average Bonchev–Trinajstić information content (AvgIpc) is 3.11. The summed E-state index contributed by atoms with van der Waals surface area (Å²) in [4.78, 5) is 12.7. The number of rotatable bonds is 5. The van der Waals surface area contributed by atoms with Gasteiger partial charge in [-0.1, -0.05) is 18.2 Å². The predicted octanol–water partition coefficient (Wildman–Crippen LogP) is 1.92. The molecule has 0 saturated carbocycles. The number of thiophene rings is 1. The van der Waals surface area contributed by atoms with Gasteiger partial charge in [0.15, 0.2) is 0 Å². The Balaban J connectivity index is 1.55. The molecule has 1 fully saturated rings. The lowest BCUT2D eigenvalue weighted by atomic mass is 10.1. The Kier molecular flexibility index (Phi) is 3.99. The van der Waals surface area contributed by atoms with E-state index in [1.54, 1.807) is 11.3 Å². The summed E-state index contributed by atoms with van der Waals surface area (Å²) in [6.45, 7) is 1.16. The van der Waals surface area contributed by atoms with E-state index in [2.05, 4.69) is 16.7 Å². The molecular weight excluding hydrogens is 272 g/mol. The van der Waals surface area contributed by atoms with Crippen LogP contribution in [-0.2, 0) is 17.8 Å². The molecule has 0 radical (unpaired) electrons. The summed E-state index contributed by atoms with van der Waals surface area (Å²) in [6, 6.07) is 11.9. The first-order valence-corrected chi connectivity index (χ1v) is 7.44. The van der Waals surface area contributed by atoms with E-state index in [1.807, 2.05) is 35.7 Å². The largest absolute Gasteiger partial charge is 0.488 e. The maximum absolute atomic E-state index is 11.5. The average molecular weight is 288 g/mol. The van der Waals surface area contributed by atoms with Crippen LogP contribution < -0.4 is 15.4 Å². The van der Waals surface area contributed by atoms with Crippen molar-refractivity contribution in [3.63, 3.8) is 0 Å². The van der Waals surface area contributed by atoms with E-state index in [-0.39, 0.29) is 11.9 Å². The summed E-state index contributed by atoms with van der Waals surface area (Å²) in [5.74, 6) is 0.925. The van der Waals surface area contributed by atoms with Crippen LogP contribution in [-0.4, -0.2) is 18.6 Å². The second kappa shape index (κ2) is 6.07. The van der Waals surface area contributed by atoms with E-state index < -0.39 is 0 Å². The summed E-state index contributed by atoms with van der Waals surface area (Å²) >= 11 is 1.69. The minimum Gasteiger partial charge on any atom is -0.488 e. The Morgan fingerprint density at radius 3 is 2.75 bits per heavy atom. The Labute approximate surface area is 121 Å². The van der Waals surface area contributed by atoms with Gasteiger partial charge >= 0.3 is 0 Å². The molecule has 2 aromatic rings. The summed E-state index contributed by atoms with van der Waals surface area (Å²) in [6.07, 6.45) is 0.705. The van der Waals surface area contributed by atoms with Gasteiger partial charge in [0.05, 0.1) is 12.7 Å². The molecule has 1 saturated heterocycles. The van der Waals surface area contributed by atoms with E-state index >= 15 is 0 Å². The van der Waals surface area contributed by atoms with Crippen molar-refractivity contribution in [2.45, 2.75) is 19.1 Å². The first-order valence-electron chi connectivity index (χ1n) is 6.56. The van der Waals surface area contributed by atoms with Crippen molar-refractivity contribution in [3.05, 3.63) is 52.2 Å². The molecule has 4 nitrogen and oxygen atoms in total. The molecule has 1 unspecified atom stereocenters. The zero-order valence-electron chi connectivity index (χ0n) is 11.0. The molecule has 2 N–H and O–H groups in total. The molecule has 0 bridgehead atoms. The quantitative estimate of drug-likeness (QED) is 0.883. The second-order valence-corrected chi connectivity index (χ2v) is 5.72. The molecule has 1 aromatic carbocycles. The van der Waals surface area contributed by atoms with Gasteiger partial charge in [0.2, 0.25) is 5.91 Å². The fourth-order valence-electron chi connectivity index (χ4n) is 2.15.